The van der Waals surface area contributed by atoms with E-state index in [1.165, 1.54) is 12.1 Å². The molecule has 5 heteroatoms. The summed E-state index contributed by atoms with van der Waals surface area (Å²) >= 11 is 0. The number of anilines is 1. The molecule has 0 spiro atoms. The van der Waals surface area contributed by atoms with E-state index in [0.29, 0.717) is 5.92 Å². The molecule has 4 heterocycles. The van der Waals surface area contributed by atoms with Crippen molar-refractivity contribution in [2.24, 2.45) is 5.92 Å². The topological polar surface area (TPSA) is 45.5 Å². The van der Waals surface area contributed by atoms with Crippen molar-refractivity contribution in [3.05, 3.63) is 60.2 Å². The average molecular weight is 321 g/mol. The van der Waals surface area contributed by atoms with E-state index in [1.54, 1.807) is 0 Å². The van der Waals surface area contributed by atoms with Gasteiger partial charge in [0, 0.05) is 43.4 Å². The summed E-state index contributed by atoms with van der Waals surface area (Å²) in [7, 11) is 0. The van der Waals surface area contributed by atoms with E-state index in [2.05, 4.69) is 48.9 Å². The minimum absolute atomic E-state index is 0.675. The van der Waals surface area contributed by atoms with E-state index >= 15 is 0 Å². The molecular weight excluding hydrogens is 298 g/mol. The molecule has 124 valence electrons. The Balaban J connectivity index is 1.34. The molecule has 1 aliphatic rings. The Morgan fingerprint density at radius 3 is 3.04 bits per heavy atom. The van der Waals surface area contributed by atoms with Gasteiger partial charge in [0.1, 0.15) is 11.5 Å². The molecule has 0 bridgehead atoms. The van der Waals surface area contributed by atoms with E-state index in [9.17, 15) is 0 Å². The van der Waals surface area contributed by atoms with Gasteiger partial charge in [-0.25, -0.2) is 9.97 Å². The van der Waals surface area contributed by atoms with E-state index in [0.717, 1.165) is 43.3 Å². The number of hydrogen-bond donors (Lipinski definition) is 1. The number of pyridine rings is 2. The molecule has 1 N–H and O–H groups in total. The predicted octanol–water partition coefficient (Wildman–Crippen LogP) is 2.97. The molecule has 1 fully saturated rings. The van der Waals surface area contributed by atoms with Gasteiger partial charge in [-0.15, -0.1) is 0 Å². The average Bonchev–Trinajstić information content (AvgIpc) is 3.23. The Hall–Kier alpha value is -2.40. The van der Waals surface area contributed by atoms with Crippen LogP contribution >= 0.6 is 0 Å². The van der Waals surface area contributed by atoms with Crippen molar-refractivity contribution in [1.82, 2.24) is 19.3 Å². The van der Waals surface area contributed by atoms with E-state index in [-0.39, 0.29) is 0 Å². The highest BCUT2D eigenvalue weighted by atomic mass is 15.2. The minimum Gasteiger partial charge on any atom is -0.370 e. The summed E-state index contributed by atoms with van der Waals surface area (Å²) in [5.41, 5.74) is 3.39. The number of hydrogen-bond acceptors (Lipinski definition) is 4. The van der Waals surface area contributed by atoms with E-state index in [1.807, 2.05) is 31.5 Å². The van der Waals surface area contributed by atoms with Crippen LogP contribution in [0.2, 0.25) is 0 Å². The second-order valence-electron chi connectivity index (χ2n) is 6.61. The van der Waals surface area contributed by atoms with Crippen LogP contribution in [0.15, 0.2) is 48.8 Å². The van der Waals surface area contributed by atoms with Gasteiger partial charge in [-0.2, -0.15) is 0 Å². The van der Waals surface area contributed by atoms with Crippen molar-refractivity contribution < 1.29 is 0 Å². The smallest absolute Gasteiger partial charge is 0.136 e. The minimum atomic E-state index is 0.675. The molecule has 4 rings (SSSR count). The molecule has 0 aromatic carbocycles. The van der Waals surface area contributed by atoms with Gasteiger partial charge < -0.3 is 9.72 Å². The van der Waals surface area contributed by atoms with Crippen LogP contribution in [0.1, 0.15) is 17.8 Å². The van der Waals surface area contributed by atoms with Gasteiger partial charge in [0.15, 0.2) is 0 Å². The zero-order valence-electron chi connectivity index (χ0n) is 14.0. The van der Waals surface area contributed by atoms with Gasteiger partial charge in [0.05, 0.1) is 0 Å². The maximum absolute atomic E-state index is 4.51. The van der Waals surface area contributed by atoms with Gasteiger partial charge in [0.25, 0.3) is 0 Å². The maximum atomic E-state index is 4.51. The summed E-state index contributed by atoms with van der Waals surface area (Å²) in [5.74, 6) is 1.66. The SMILES string of the molecule is Cc1cccc(NC[C@@H]2CCN(Cc3cccc4nccn34)C2)n1. The molecule has 0 saturated carbocycles. The third-order valence-electron chi connectivity index (χ3n) is 4.73. The number of fused-ring (bicyclic) bond motifs is 1. The first kappa shape index (κ1) is 15.1. The molecule has 0 amide bonds. The fourth-order valence-electron chi connectivity index (χ4n) is 3.48. The predicted molar refractivity (Wildman–Crippen MR) is 96.0 cm³/mol. The highest BCUT2D eigenvalue weighted by molar-refractivity contribution is 5.39. The lowest BCUT2D eigenvalue weighted by Gasteiger charge is -2.17. The first-order valence-corrected chi connectivity index (χ1v) is 8.59. The number of nitrogens with one attached hydrogen (secondary N) is 1. The number of aromatic nitrogens is 3. The standard InChI is InChI=1S/C19H23N5/c1-15-4-2-6-18(22-15)21-12-16-8-10-23(13-16)14-17-5-3-7-19-20-9-11-24(17)19/h2-7,9,11,16H,8,10,12-14H2,1H3,(H,21,22)/t16-/m0/s1. The van der Waals surface area contributed by atoms with Crippen LogP contribution in [0.4, 0.5) is 5.82 Å². The molecule has 1 atom stereocenters. The summed E-state index contributed by atoms with van der Waals surface area (Å²) in [5, 5.41) is 3.48. The molecule has 5 nitrogen and oxygen atoms in total. The van der Waals surface area contributed by atoms with Crippen molar-refractivity contribution in [3.63, 3.8) is 0 Å². The lowest BCUT2D eigenvalue weighted by Crippen LogP contribution is -2.23. The van der Waals surface area contributed by atoms with E-state index < -0.39 is 0 Å². The number of aryl methyl sites for hydroxylation is 1. The number of imidazole rings is 1. The van der Waals surface area contributed by atoms with Crippen LogP contribution in [0.25, 0.3) is 5.65 Å². The third-order valence-corrected chi connectivity index (χ3v) is 4.73. The van der Waals surface area contributed by atoms with Crippen molar-refractivity contribution in [3.8, 4) is 0 Å². The van der Waals surface area contributed by atoms with Gasteiger partial charge in [-0.1, -0.05) is 12.1 Å². The van der Waals surface area contributed by atoms with Gasteiger partial charge in [0.2, 0.25) is 0 Å². The Morgan fingerprint density at radius 1 is 1.21 bits per heavy atom. The quantitative estimate of drug-likeness (QED) is 0.785. The highest BCUT2D eigenvalue weighted by Crippen LogP contribution is 2.20. The Labute approximate surface area is 142 Å². The molecule has 0 radical (unpaired) electrons. The monoisotopic (exact) mass is 321 g/mol. The summed E-state index contributed by atoms with van der Waals surface area (Å²) in [6.07, 6.45) is 5.15. The van der Waals surface area contributed by atoms with Crippen LogP contribution < -0.4 is 5.32 Å². The molecule has 0 unspecified atom stereocenters. The summed E-state index contributed by atoms with van der Waals surface area (Å²) in [6, 6.07) is 12.5. The normalized spacial score (nSPS) is 18.3. The lowest BCUT2D eigenvalue weighted by atomic mass is 10.1. The van der Waals surface area contributed by atoms with Crippen molar-refractivity contribution >= 4 is 11.5 Å². The molecule has 3 aromatic heterocycles. The molecule has 1 aliphatic heterocycles. The van der Waals surface area contributed by atoms with Crippen LogP contribution in [0.3, 0.4) is 0 Å². The first-order valence-electron chi connectivity index (χ1n) is 8.59. The molecular formula is C19H23N5. The zero-order valence-corrected chi connectivity index (χ0v) is 14.0. The zero-order chi connectivity index (χ0) is 16.4. The van der Waals surface area contributed by atoms with Crippen LogP contribution in [0.5, 0.6) is 0 Å². The Bertz CT molecular complexity index is 825. The van der Waals surface area contributed by atoms with Crippen LogP contribution in [-0.2, 0) is 6.54 Å². The molecule has 24 heavy (non-hydrogen) atoms. The lowest BCUT2D eigenvalue weighted by molar-refractivity contribution is 0.314. The molecule has 0 aliphatic carbocycles. The fraction of sp³-hybridized carbons (Fsp3) is 0.368. The summed E-state index contributed by atoms with van der Waals surface area (Å²) in [4.78, 5) is 11.4. The maximum Gasteiger partial charge on any atom is 0.136 e. The second-order valence-corrected chi connectivity index (χ2v) is 6.61. The van der Waals surface area contributed by atoms with Crippen LogP contribution in [-0.4, -0.2) is 38.9 Å². The van der Waals surface area contributed by atoms with Crippen molar-refractivity contribution in [1.29, 1.82) is 0 Å². The first-order chi connectivity index (χ1) is 11.8. The molecule has 3 aromatic rings. The Kier molecular flexibility index (Phi) is 4.17. The fourth-order valence-corrected chi connectivity index (χ4v) is 3.48. The van der Waals surface area contributed by atoms with Crippen molar-refractivity contribution in [2.75, 3.05) is 25.0 Å². The third kappa shape index (κ3) is 3.26. The van der Waals surface area contributed by atoms with E-state index in [4.69, 9.17) is 0 Å². The van der Waals surface area contributed by atoms with Gasteiger partial charge >= 0.3 is 0 Å². The van der Waals surface area contributed by atoms with Crippen molar-refractivity contribution in [2.45, 2.75) is 19.9 Å². The van der Waals surface area contributed by atoms with Crippen LogP contribution in [0, 0.1) is 12.8 Å². The Morgan fingerprint density at radius 2 is 2.12 bits per heavy atom. The van der Waals surface area contributed by atoms with Gasteiger partial charge in [-0.05, 0) is 50.1 Å². The highest BCUT2D eigenvalue weighted by Gasteiger charge is 2.22. The number of likely N-dealkylation sites (tertiary alicyclic amines) is 1. The molecule has 1 saturated heterocycles. The second kappa shape index (κ2) is 6.61. The number of nitrogens with zero attached hydrogens (tertiary/aromatic N) is 4. The summed E-state index contributed by atoms with van der Waals surface area (Å²) in [6.45, 7) is 6.27. The summed E-state index contributed by atoms with van der Waals surface area (Å²) < 4.78 is 2.18. The largest absolute Gasteiger partial charge is 0.370 e. The number of rotatable bonds is 5. The van der Waals surface area contributed by atoms with Gasteiger partial charge in [-0.3, -0.25) is 4.90 Å².